The van der Waals surface area contributed by atoms with E-state index in [2.05, 4.69) is 4.98 Å². The van der Waals surface area contributed by atoms with Gasteiger partial charge in [0.25, 0.3) is 0 Å². The van der Waals surface area contributed by atoms with E-state index in [1.54, 1.807) is 6.20 Å². The van der Waals surface area contributed by atoms with Gasteiger partial charge in [-0.15, -0.1) is 0 Å². The second-order valence-electron chi connectivity index (χ2n) is 3.88. The van der Waals surface area contributed by atoms with Crippen LogP contribution >= 0.6 is 0 Å². The molecule has 1 heterocycles. The van der Waals surface area contributed by atoms with Gasteiger partial charge in [-0.1, -0.05) is 12.1 Å². The zero-order valence-corrected chi connectivity index (χ0v) is 9.40. The monoisotopic (exact) mass is 211 g/mol. The van der Waals surface area contributed by atoms with Crippen LogP contribution in [-0.2, 0) is 0 Å². The highest BCUT2D eigenvalue weighted by molar-refractivity contribution is 5.80. The Kier molecular flexibility index (Phi) is 2.82. The van der Waals surface area contributed by atoms with Crippen molar-refractivity contribution in [3.63, 3.8) is 0 Å². The lowest BCUT2D eigenvalue weighted by Gasteiger charge is -2.09. The maximum absolute atomic E-state index is 10.8. The van der Waals surface area contributed by atoms with Gasteiger partial charge < -0.3 is 0 Å². The van der Waals surface area contributed by atoms with Crippen LogP contribution in [-0.4, -0.2) is 11.3 Å². The molecule has 1 aromatic heterocycles. The van der Waals surface area contributed by atoms with E-state index in [4.69, 9.17) is 0 Å². The Morgan fingerprint density at radius 1 is 1.06 bits per heavy atom. The van der Waals surface area contributed by atoms with Crippen LogP contribution < -0.4 is 0 Å². The third kappa shape index (κ3) is 1.87. The van der Waals surface area contributed by atoms with E-state index >= 15 is 0 Å². The SMILES string of the molecule is Cc1cnccc1-c1cc(C=O)ccc1C. The molecule has 0 spiro atoms. The fraction of sp³-hybridized carbons (Fsp3) is 0.143. The summed E-state index contributed by atoms with van der Waals surface area (Å²) in [5.41, 5.74) is 5.23. The Bertz CT molecular complexity index is 532. The highest BCUT2D eigenvalue weighted by atomic mass is 16.1. The smallest absolute Gasteiger partial charge is 0.150 e. The normalized spacial score (nSPS) is 10.1. The van der Waals surface area contributed by atoms with E-state index in [1.165, 1.54) is 5.56 Å². The zero-order chi connectivity index (χ0) is 11.5. The molecule has 2 heteroatoms. The lowest BCUT2D eigenvalue weighted by Crippen LogP contribution is -1.90. The summed E-state index contributed by atoms with van der Waals surface area (Å²) in [4.78, 5) is 14.8. The summed E-state index contributed by atoms with van der Waals surface area (Å²) in [7, 11) is 0. The molecule has 0 aliphatic rings. The van der Waals surface area contributed by atoms with Crippen molar-refractivity contribution in [2.75, 3.05) is 0 Å². The molecule has 0 radical (unpaired) electrons. The Labute approximate surface area is 95.0 Å². The molecule has 0 aliphatic carbocycles. The summed E-state index contributed by atoms with van der Waals surface area (Å²) in [5.74, 6) is 0. The van der Waals surface area contributed by atoms with Gasteiger partial charge in [-0.3, -0.25) is 9.78 Å². The van der Waals surface area contributed by atoms with Gasteiger partial charge in [0.1, 0.15) is 6.29 Å². The van der Waals surface area contributed by atoms with Crippen molar-refractivity contribution in [1.82, 2.24) is 4.98 Å². The van der Waals surface area contributed by atoms with E-state index in [1.807, 2.05) is 44.3 Å². The molecule has 16 heavy (non-hydrogen) atoms. The van der Waals surface area contributed by atoms with Crippen molar-refractivity contribution in [2.24, 2.45) is 0 Å². The van der Waals surface area contributed by atoms with Crippen molar-refractivity contribution >= 4 is 6.29 Å². The van der Waals surface area contributed by atoms with Crippen LogP contribution in [0.5, 0.6) is 0 Å². The zero-order valence-electron chi connectivity index (χ0n) is 9.40. The second kappa shape index (κ2) is 4.27. The minimum Gasteiger partial charge on any atom is -0.298 e. The topological polar surface area (TPSA) is 30.0 Å². The van der Waals surface area contributed by atoms with Crippen molar-refractivity contribution < 1.29 is 4.79 Å². The third-order valence-electron chi connectivity index (χ3n) is 2.71. The number of benzene rings is 1. The van der Waals surface area contributed by atoms with Gasteiger partial charge in [-0.25, -0.2) is 0 Å². The predicted octanol–water partition coefficient (Wildman–Crippen LogP) is 3.18. The minimum atomic E-state index is 0.705. The summed E-state index contributed by atoms with van der Waals surface area (Å²) in [6.45, 7) is 4.07. The molecule has 0 amide bonds. The lowest BCUT2D eigenvalue weighted by atomic mass is 9.96. The van der Waals surface area contributed by atoms with Gasteiger partial charge in [0, 0.05) is 18.0 Å². The first-order chi connectivity index (χ1) is 7.72. The van der Waals surface area contributed by atoms with Crippen molar-refractivity contribution in [3.05, 3.63) is 53.3 Å². The van der Waals surface area contributed by atoms with Gasteiger partial charge in [0.15, 0.2) is 0 Å². The molecule has 0 atom stereocenters. The number of aromatic nitrogens is 1. The van der Waals surface area contributed by atoms with E-state index in [0.717, 1.165) is 23.0 Å². The van der Waals surface area contributed by atoms with Gasteiger partial charge in [-0.05, 0) is 48.2 Å². The average molecular weight is 211 g/mol. The molecule has 2 rings (SSSR count). The number of carbonyl (C=O) groups excluding carboxylic acids is 1. The number of carbonyl (C=O) groups is 1. The van der Waals surface area contributed by atoms with Gasteiger partial charge in [0.2, 0.25) is 0 Å². The fourth-order valence-electron chi connectivity index (χ4n) is 1.78. The molecule has 2 nitrogen and oxygen atoms in total. The molecule has 0 N–H and O–H groups in total. The summed E-state index contributed by atoms with van der Waals surface area (Å²) in [5, 5.41) is 0. The maximum Gasteiger partial charge on any atom is 0.150 e. The standard InChI is InChI=1S/C14H13NO/c1-10-3-4-12(9-16)7-14(10)13-5-6-15-8-11(13)2/h3-9H,1-2H3. The van der Waals surface area contributed by atoms with Crippen LogP contribution in [0.25, 0.3) is 11.1 Å². The number of nitrogens with zero attached hydrogens (tertiary/aromatic N) is 1. The average Bonchev–Trinajstić information content (AvgIpc) is 2.31. The highest BCUT2D eigenvalue weighted by Gasteiger charge is 2.05. The first-order valence-electron chi connectivity index (χ1n) is 5.19. The van der Waals surface area contributed by atoms with Crippen LogP contribution in [0.3, 0.4) is 0 Å². The Balaban J connectivity index is 2.63. The predicted molar refractivity (Wildman–Crippen MR) is 64.5 cm³/mol. The summed E-state index contributed by atoms with van der Waals surface area (Å²) in [6.07, 6.45) is 4.48. The van der Waals surface area contributed by atoms with Gasteiger partial charge >= 0.3 is 0 Å². The third-order valence-corrected chi connectivity index (χ3v) is 2.71. The van der Waals surface area contributed by atoms with Crippen LogP contribution in [0.15, 0.2) is 36.7 Å². The molecule has 80 valence electrons. The quantitative estimate of drug-likeness (QED) is 0.714. The number of pyridine rings is 1. The Morgan fingerprint density at radius 2 is 1.88 bits per heavy atom. The second-order valence-corrected chi connectivity index (χ2v) is 3.88. The van der Waals surface area contributed by atoms with Gasteiger partial charge in [-0.2, -0.15) is 0 Å². The largest absolute Gasteiger partial charge is 0.298 e. The molecule has 1 aromatic carbocycles. The molecular weight excluding hydrogens is 198 g/mol. The van der Waals surface area contributed by atoms with Crippen molar-refractivity contribution in [1.29, 1.82) is 0 Å². The van der Waals surface area contributed by atoms with Crippen LogP contribution in [0, 0.1) is 13.8 Å². The first-order valence-corrected chi connectivity index (χ1v) is 5.19. The number of aldehydes is 1. The Morgan fingerprint density at radius 3 is 2.56 bits per heavy atom. The first kappa shape index (κ1) is 10.6. The summed E-state index contributed by atoms with van der Waals surface area (Å²) >= 11 is 0. The number of aryl methyl sites for hydroxylation is 2. The van der Waals surface area contributed by atoms with Crippen molar-refractivity contribution in [3.8, 4) is 11.1 Å². The highest BCUT2D eigenvalue weighted by Crippen LogP contribution is 2.26. The Hall–Kier alpha value is -1.96. The van der Waals surface area contributed by atoms with Crippen LogP contribution in [0.1, 0.15) is 21.5 Å². The molecule has 0 saturated carbocycles. The summed E-state index contributed by atoms with van der Waals surface area (Å²) in [6, 6.07) is 7.71. The van der Waals surface area contributed by atoms with Gasteiger partial charge in [0.05, 0.1) is 0 Å². The fourth-order valence-corrected chi connectivity index (χ4v) is 1.78. The van der Waals surface area contributed by atoms with E-state index < -0.39 is 0 Å². The number of hydrogen-bond acceptors (Lipinski definition) is 2. The molecule has 0 saturated heterocycles. The molecule has 2 aromatic rings. The number of rotatable bonds is 2. The molecule has 0 aliphatic heterocycles. The minimum absolute atomic E-state index is 0.705. The molecule has 0 fully saturated rings. The van der Waals surface area contributed by atoms with Crippen LogP contribution in [0.2, 0.25) is 0 Å². The molecule has 0 bridgehead atoms. The van der Waals surface area contributed by atoms with Crippen LogP contribution in [0.4, 0.5) is 0 Å². The summed E-state index contributed by atoms with van der Waals surface area (Å²) < 4.78 is 0. The van der Waals surface area contributed by atoms with E-state index in [-0.39, 0.29) is 0 Å². The molecular formula is C14H13NO. The lowest BCUT2D eigenvalue weighted by molar-refractivity contribution is 0.112. The number of hydrogen-bond donors (Lipinski definition) is 0. The maximum atomic E-state index is 10.8. The van der Waals surface area contributed by atoms with E-state index in [0.29, 0.717) is 5.56 Å². The van der Waals surface area contributed by atoms with E-state index in [9.17, 15) is 4.79 Å². The molecule has 0 unspecified atom stereocenters. The van der Waals surface area contributed by atoms with Crippen molar-refractivity contribution in [2.45, 2.75) is 13.8 Å².